The monoisotopic (exact) mass is 300 g/mol. The Morgan fingerprint density at radius 2 is 2.10 bits per heavy atom. The topological polar surface area (TPSA) is 43.4 Å². The molecule has 0 bridgehead atoms. The number of carbonyl (C=O) groups is 2. The highest BCUT2D eigenvalue weighted by molar-refractivity contribution is 8.00. The molecule has 0 amide bonds. The average molecular weight is 300 g/mol. The molecule has 3 rings (SSSR count). The van der Waals surface area contributed by atoms with E-state index in [4.69, 9.17) is 4.74 Å². The summed E-state index contributed by atoms with van der Waals surface area (Å²) in [6.45, 7) is 0. The molecule has 0 aliphatic heterocycles. The zero-order valence-corrected chi connectivity index (χ0v) is 12.5. The fourth-order valence-corrected chi connectivity index (χ4v) is 4.41. The summed E-state index contributed by atoms with van der Waals surface area (Å²) in [5.74, 6) is -0.646. The Bertz CT molecular complexity index is 620. The molecule has 0 fully saturated rings. The molecule has 0 aromatic heterocycles. The molecule has 0 N–H and O–H groups in total. The van der Waals surface area contributed by atoms with Crippen molar-refractivity contribution in [2.24, 2.45) is 11.3 Å². The zero-order valence-electron chi connectivity index (χ0n) is 11.7. The maximum atomic E-state index is 12.4. The molecule has 4 heteroatoms. The number of esters is 1. The first kappa shape index (κ1) is 14.1. The van der Waals surface area contributed by atoms with Crippen LogP contribution in [0.15, 0.2) is 59.5 Å². The lowest BCUT2D eigenvalue weighted by Crippen LogP contribution is -2.46. The highest BCUT2D eigenvalue weighted by Gasteiger charge is 2.56. The fourth-order valence-electron chi connectivity index (χ4n) is 3.08. The summed E-state index contributed by atoms with van der Waals surface area (Å²) in [7, 11) is 1.38. The van der Waals surface area contributed by atoms with Gasteiger partial charge in [-0.1, -0.05) is 36.4 Å². The second-order valence-corrected chi connectivity index (χ2v) is 6.44. The second-order valence-electron chi connectivity index (χ2n) is 5.23. The molecule has 0 unspecified atom stereocenters. The van der Waals surface area contributed by atoms with Crippen LogP contribution in [0.3, 0.4) is 0 Å². The van der Waals surface area contributed by atoms with Gasteiger partial charge >= 0.3 is 5.97 Å². The van der Waals surface area contributed by atoms with E-state index in [9.17, 15) is 9.59 Å². The van der Waals surface area contributed by atoms with Gasteiger partial charge in [-0.15, -0.1) is 11.8 Å². The van der Waals surface area contributed by atoms with Crippen LogP contribution in [-0.2, 0) is 14.3 Å². The van der Waals surface area contributed by atoms with Crippen molar-refractivity contribution in [2.45, 2.75) is 16.6 Å². The van der Waals surface area contributed by atoms with E-state index in [0.29, 0.717) is 6.42 Å². The Hall–Kier alpha value is -1.81. The molecule has 3 nitrogen and oxygen atoms in total. The van der Waals surface area contributed by atoms with E-state index in [1.165, 1.54) is 13.2 Å². The van der Waals surface area contributed by atoms with Crippen molar-refractivity contribution < 1.29 is 14.3 Å². The summed E-state index contributed by atoms with van der Waals surface area (Å²) >= 11 is 1.59. The molecule has 2 aliphatic rings. The molecule has 1 aromatic rings. The fraction of sp³-hybridized carbons (Fsp3) is 0.294. The van der Waals surface area contributed by atoms with Crippen LogP contribution in [0, 0.1) is 11.3 Å². The molecule has 0 radical (unpaired) electrons. The van der Waals surface area contributed by atoms with Crippen LogP contribution in [0.25, 0.3) is 0 Å². The van der Waals surface area contributed by atoms with E-state index in [1.807, 2.05) is 42.5 Å². The van der Waals surface area contributed by atoms with Gasteiger partial charge in [0.1, 0.15) is 5.41 Å². The molecule has 1 aromatic carbocycles. The number of ether oxygens (including phenoxy) is 1. The lowest BCUT2D eigenvalue weighted by atomic mass is 9.70. The number of allylic oxidation sites excluding steroid dienone is 2. The predicted molar refractivity (Wildman–Crippen MR) is 81.9 cm³/mol. The second kappa shape index (κ2) is 5.53. The summed E-state index contributed by atoms with van der Waals surface area (Å²) in [5, 5.41) is -0.131. The normalized spacial score (nSPS) is 30.2. The van der Waals surface area contributed by atoms with E-state index in [0.717, 1.165) is 4.90 Å². The molecule has 0 heterocycles. The van der Waals surface area contributed by atoms with Crippen molar-refractivity contribution in [1.29, 1.82) is 0 Å². The molecule has 0 saturated heterocycles. The van der Waals surface area contributed by atoms with Crippen LogP contribution < -0.4 is 0 Å². The molecule has 21 heavy (non-hydrogen) atoms. The quantitative estimate of drug-likeness (QED) is 0.636. The number of hydrogen-bond acceptors (Lipinski definition) is 4. The van der Waals surface area contributed by atoms with Gasteiger partial charge in [-0.25, -0.2) is 0 Å². The van der Waals surface area contributed by atoms with Crippen molar-refractivity contribution in [3.63, 3.8) is 0 Å². The number of carbonyl (C=O) groups excluding carboxylic acids is 2. The lowest BCUT2D eigenvalue weighted by Gasteiger charge is -2.38. The minimum atomic E-state index is -0.874. The molecule has 2 aliphatic carbocycles. The van der Waals surface area contributed by atoms with Crippen molar-refractivity contribution in [1.82, 2.24) is 0 Å². The van der Waals surface area contributed by atoms with E-state index in [2.05, 4.69) is 0 Å². The first-order valence-corrected chi connectivity index (χ1v) is 7.76. The Labute approximate surface area is 128 Å². The van der Waals surface area contributed by atoms with Crippen molar-refractivity contribution in [3.8, 4) is 0 Å². The molecule has 0 saturated carbocycles. The Kier molecular flexibility index (Phi) is 3.72. The van der Waals surface area contributed by atoms with Crippen LogP contribution in [0.4, 0.5) is 0 Å². The minimum Gasteiger partial charge on any atom is -0.468 e. The first-order valence-electron chi connectivity index (χ1n) is 6.88. The number of ketones is 1. The number of thioether (sulfide) groups is 1. The van der Waals surface area contributed by atoms with Gasteiger partial charge in [-0.05, 0) is 24.6 Å². The standard InChI is InChI=1S/C17H16O3S/c1-20-16(19)17-11-10-14(18)13(17)8-5-9-15(17)21-12-6-3-2-4-7-12/h2-7,9-11,13,15H,8H2,1H3/t13-,15-,17-/m1/s1. The van der Waals surface area contributed by atoms with Gasteiger partial charge in [0.25, 0.3) is 0 Å². The highest BCUT2D eigenvalue weighted by Crippen LogP contribution is 2.51. The smallest absolute Gasteiger partial charge is 0.317 e. The van der Waals surface area contributed by atoms with Gasteiger partial charge in [0, 0.05) is 16.1 Å². The third-order valence-electron chi connectivity index (χ3n) is 4.14. The molecular formula is C17H16O3S. The van der Waals surface area contributed by atoms with Gasteiger partial charge in [-0.3, -0.25) is 9.59 Å². The summed E-state index contributed by atoms with van der Waals surface area (Å²) in [5.41, 5.74) is -0.874. The van der Waals surface area contributed by atoms with E-state index in [1.54, 1.807) is 17.8 Å². The van der Waals surface area contributed by atoms with Gasteiger partial charge in [0.15, 0.2) is 5.78 Å². The highest BCUT2D eigenvalue weighted by atomic mass is 32.2. The third-order valence-corrected chi connectivity index (χ3v) is 5.49. The molecule has 108 valence electrons. The van der Waals surface area contributed by atoms with E-state index >= 15 is 0 Å². The first-order chi connectivity index (χ1) is 10.2. The number of hydrogen-bond donors (Lipinski definition) is 0. The van der Waals surface area contributed by atoms with Crippen molar-refractivity contribution in [3.05, 3.63) is 54.6 Å². The Balaban J connectivity index is 1.99. The predicted octanol–water partition coefficient (Wildman–Crippen LogP) is 3.02. The summed E-state index contributed by atoms with van der Waals surface area (Å²) < 4.78 is 5.02. The molecular weight excluding hydrogens is 284 g/mol. The average Bonchev–Trinajstić information content (AvgIpc) is 2.87. The van der Waals surface area contributed by atoms with Gasteiger partial charge in [0.05, 0.1) is 7.11 Å². The van der Waals surface area contributed by atoms with Crippen LogP contribution in [0.1, 0.15) is 6.42 Å². The third kappa shape index (κ3) is 2.23. The van der Waals surface area contributed by atoms with E-state index in [-0.39, 0.29) is 22.9 Å². The molecule has 0 spiro atoms. The molecule has 3 atom stereocenters. The van der Waals surface area contributed by atoms with Crippen LogP contribution in [-0.4, -0.2) is 24.1 Å². The van der Waals surface area contributed by atoms with Crippen LogP contribution in [0.5, 0.6) is 0 Å². The Morgan fingerprint density at radius 3 is 2.81 bits per heavy atom. The number of benzene rings is 1. The zero-order chi connectivity index (χ0) is 14.9. The summed E-state index contributed by atoms with van der Waals surface area (Å²) in [4.78, 5) is 25.6. The lowest BCUT2D eigenvalue weighted by molar-refractivity contribution is -0.153. The largest absolute Gasteiger partial charge is 0.468 e. The van der Waals surface area contributed by atoms with E-state index < -0.39 is 5.41 Å². The SMILES string of the molecule is COC(=O)[C@]12C=CC(=O)[C@H]1CC=C[C@H]2Sc1ccccc1. The van der Waals surface area contributed by atoms with Crippen LogP contribution >= 0.6 is 11.8 Å². The van der Waals surface area contributed by atoms with Gasteiger partial charge in [0.2, 0.25) is 0 Å². The number of rotatable bonds is 3. The van der Waals surface area contributed by atoms with Crippen LogP contribution in [0.2, 0.25) is 0 Å². The summed E-state index contributed by atoms with van der Waals surface area (Å²) in [6, 6.07) is 9.90. The van der Waals surface area contributed by atoms with Crippen molar-refractivity contribution in [2.75, 3.05) is 7.11 Å². The minimum absolute atomic E-state index is 0.0170. The maximum absolute atomic E-state index is 12.4. The van der Waals surface area contributed by atoms with Crippen molar-refractivity contribution >= 4 is 23.5 Å². The maximum Gasteiger partial charge on any atom is 0.317 e. The number of methoxy groups -OCH3 is 1. The Morgan fingerprint density at radius 1 is 1.33 bits per heavy atom. The van der Waals surface area contributed by atoms with Gasteiger partial charge in [-0.2, -0.15) is 0 Å². The summed E-state index contributed by atoms with van der Waals surface area (Å²) in [6.07, 6.45) is 7.89. The number of fused-ring (bicyclic) bond motifs is 1. The van der Waals surface area contributed by atoms with Gasteiger partial charge < -0.3 is 4.74 Å².